The summed E-state index contributed by atoms with van der Waals surface area (Å²) >= 11 is 1.84. The van der Waals surface area contributed by atoms with Gasteiger partial charge in [-0.1, -0.05) is 12.1 Å². The molecule has 0 bridgehead atoms. The van der Waals surface area contributed by atoms with E-state index in [-0.39, 0.29) is 5.25 Å². The van der Waals surface area contributed by atoms with E-state index in [1.165, 1.54) is 19.3 Å². The molecule has 1 aliphatic heterocycles. The van der Waals surface area contributed by atoms with Crippen LogP contribution >= 0.6 is 11.8 Å². The summed E-state index contributed by atoms with van der Waals surface area (Å²) in [5, 5.41) is 4.18. The van der Waals surface area contributed by atoms with Gasteiger partial charge in [-0.25, -0.2) is 0 Å². The molecule has 0 aromatic carbocycles. The van der Waals surface area contributed by atoms with E-state index < -0.39 is 0 Å². The molecule has 2 atom stereocenters. The Bertz CT molecular complexity index is 337. The Morgan fingerprint density at radius 2 is 2.35 bits per heavy atom. The standard InChI is InChI=1S/C12H20N2O2S/c1-3-11-13-12(16-14-11)9(2)17-8-10-6-4-5-7-15-10/h9-10H,3-8H2,1-2H3/t9-,10-/m0/s1. The molecule has 1 aromatic rings. The highest BCUT2D eigenvalue weighted by molar-refractivity contribution is 7.99. The zero-order chi connectivity index (χ0) is 12.1. The lowest BCUT2D eigenvalue weighted by atomic mass is 10.1. The highest BCUT2D eigenvalue weighted by atomic mass is 32.2. The smallest absolute Gasteiger partial charge is 0.239 e. The number of thioether (sulfide) groups is 1. The number of hydrogen-bond acceptors (Lipinski definition) is 5. The summed E-state index contributed by atoms with van der Waals surface area (Å²) in [7, 11) is 0. The highest BCUT2D eigenvalue weighted by Crippen LogP contribution is 2.29. The van der Waals surface area contributed by atoms with Crippen molar-refractivity contribution in [1.29, 1.82) is 0 Å². The van der Waals surface area contributed by atoms with Gasteiger partial charge in [0.25, 0.3) is 0 Å². The molecule has 0 unspecified atom stereocenters. The monoisotopic (exact) mass is 256 g/mol. The van der Waals surface area contributed by atoms with Crippen molar-refractivity contribution in [3.05, 3.63) is 11.7 Å². The minimum Gasteiger partial charge on any atom is -0.377 e. The fourth-order valence-electron chi connectivity index (χ4n) is 1.84. The van der Waals surface area contributed by atoms with E-state index in [2.05, 4.69) is 17.1 Å². The van der Waals surface area contributed by atoms with Crippen molar-refractivity contribution in [3.8, 4) is 0 Å². The van der Waals surface area contributed by atoms with Crippen molar-refractivity contribution in [2.45, 2.75) is 50.9 Å². The van der Waals surface area contributed by atoms with Gasteiger partial charge in [-0.3, -0.25) is 0 Å². The summed E-state index contributed by atoms with van der Waals surface area (Å²) in [6.07, 6.45) is 4.92. The third-order valence-electron chi connectivity index (χ3n) is 2.95. The van der Waals surface area contributed by atoms with E-state index in [1.54, 1.807) is 0 Å². The Morgan fingerprint density at radius 1 is 1.47 bits per heavy atom. The van der Waals surface area contributed by atoms with E-state index in [0.717, 1.165) is 30.5 Å². The number of nitrogens with zero attached hydrogens (tertiary/aromatic N) is 2. The predicted molar refractivity (Wildman–Crippen MR) is 68.1 cm³/mol. The van der Waals surface area contributed by atoms with Crippen molar-refractivity contribution in [2.75, 3.05) is 12.4 Å². The van der Waals surface area contributed by atoms with E-state index in [9.17, 15) is 0 Å². The highest BCUT2D eigenvalue weighted by Gasteiger charge is 2.19. The molecule has 4 nitrogen and oxygen atoms in total. The van der Waals surface area contributed by atoms with Crippen molar-refractivity contribution in [3.63, 3.8) is 0 Å². The SMILES string of the molecule is CCc1noc([C@H](C)SC[C@@H]2CCCCO2)n1. The minimum absolute atomic E-state index is 0.258. The lowest BCUT2D eigenvalue weighted by Crippen LogP contribution is -2.21. The Balaban J connectivity index is 1.77. The van der Waals surface area contributed by atoms with Crippen LogP contribution in [-0.4, -0.2) is 28.6 Å². The van der Waals surface area contributed by atoms with E-state index >= 15 is 0 Å². The third kappa shape index (κ3) is 3.71. The van der Waals surface area contributed by atoms with Crippen molar-refractivity contribution < 1.29 is 9.26 Å². The normalized spacial score (nSPS) is 22.6. The average molecular weight is 256 g/mol. The zero-order valence-electron chi connectivity index (χ0n) is 10.5. The van der Waals surface area contributed by atoms with E-state index in [4.69, 9.17) is 9.26 Å². The quantitative estimate of drug-likeness (QED) is 0.810. The van der Waals surface area contributed by atoms with Gasteiger partial charge in [-0.15, -0.1) is 11.8 Å². The van der Waals surface area contributed by atoms with Crippen LogP contribution in [0.3, 0.4) is 0 Å². The second kappa shape index (κ2) is 6.40. The number of rotatable bonds is 5. The first-order chi connectivity index (χ1) is 8.29. The van der Waals surface area contributed by atoms with E-state index in [0.29, 0.717) is 6.10 Å². The van der Waals surface area contributed by atoms with Crippen LogP contribution < -0.4 is 0 Å². The molecule has 17 heavy (non-hydrogen) atoms. The van der Waals surface area contributed by atoms with Crippen LogP contribution in [0, 0.1) is 0 Å². The molecular weight excluding hydrogens is 236 g/mol. The molecule has 0 aliphatic carbocycles. The van der Waals surface area contributed by atoms with Gasteiger partial charge in [0, 0.05) is 18.8 Å². The second-order valence-electron chi connectivity index (χ2n) is 4.37. The van der Waals surface area contributed by atoms with Gasteiger partial charge in [0.1, 0.15) is 0 Å². The number of hydrogen-bond donors (Lipinski definition) is 0. The maximum absolute atomic E-state index is 5.70. The van der Waals surface area contributed by atoms with Crippen LogP contribution in [-0.2, 0) is 11.2 Å². The van der Waals surface area contributed by atoms with E-state index in [1.807, 2.05) is 18.7 Å². The lowest BCUT2D eigenvalue weighted by Gasteiger charge is -2.22. The van der Waals surface area contributed by atoms with Gasteiger partial charge in [-0.05, 0) is 26.2 Å². The Kier molecular flexibility index (Phi) is 4.86. The van der Waals surface area contributed by atoms with Crippen LogP contribution in [0.5, 0.6) is 0 Å². The van der Waals surface area contributed by atoms with Gasteiger partial charge >= 0.3 is 0 Å². The predicted octanol–water partition coefficient (Wildman–Crippen LogP) is 3.00. The van der Waals surface area contributed by atoms with Gasteiger partial charge in [0.15, 0.2) is 5.82 Å². The first-order valence-corrected chi connectivity index (χ1v) is 7.40. The molecule has 0 amide bonds. The largest absolute Gasteiger partial charge is 0.377 e. The first kappa shape index (κ1) is 12.9. The van der Waals surface area contributed by atoms with Crippen molar-refractivity contribution in [1.82, 2.24) is 10.1 Å². The fourth-order valence-corrected chi connectivity index (χ4v) is 2.84. The Morgan fingerprint density at radius 3 is 3.00 bits per heavy atom. The van der Waals surface area contributed by atoms with Crippen LogP contribution in [0.15, 0.2) is 4.52 Å². The molecule has 0 N–H and O–H groups in total. The fraction of sp³-hybridized carbons (Fsp3) is 0.833. The van der Waals surface area contributed by atoms with Crippen LogP contribution in [0.4, 0.5) is 0 Å². The number of aryl methyl sites for hydroxylation is 1. The molecular formula is C12H20N2O2S. The maximum atomic E-state index is 5.70. The van der Waals surface area contributed by atoms with Crippen molar-refractivity contribution in [2.24, 2.45) is 0 Å². The molecule has 2 heterocycles. The van der Waals surface area contributed by atoms with Gasteiger partial charge in [-0.2, -0.15) is 4.98 Å². The van der Waals surface area contributed by atoms with Gasteiger partial charge < -0.3 is 9.26 Å². The number of ether oxygens (including phenoxy) is 1. The summed E-state index contributed by atoms with van der Waals surface area (Å²) in [5.74, 6) is 2.55. The van der Waals surface area contributed by atoms with Crippen LogP contribution in [0.25, 0.3) is 0 Å². The van der Waals surface area contributed by atoms with Gasteiger partial charge in [0.2, 0.25) is 5.89 Å². The lowest BCUT2D eigenvalue weighted by molar-refractivity contribution is 0.0315. The molecule has 2 rings (SSSR count). The first-order valence-electron chi connectivity index (χ1n) is 6.35. The van der Waals surface area contributed by atoms with Gasteiger partial charge in [0.05, 0.1) is 11.4 Å². The summed E-state index contributed by atoms with van der Waals surface area (Å²) in [6.45, 7) is 5.06. The molecule has 1 aromatic heterocycles. The molecule has 0 saturated carbocycles. The average Bonchev–Trinajstić information content (AvgIpc) is 2.86. The van der Waals surface area contributed by atoms with Crippen LogP contribution in [0.2, 0.25) is 0 Å². The molecule has 5 heteroatoms. The zero-order valence-corrected chi connectivity index (χ0v) is 11.3. The summed E-state index contributed by atoms with van der Waals surface area (Å²) in [6, 6.07) is 0. The molecule has 1 fully saturated rings. The summed E-state index contributed by atoms with van der Waals surface area (Å²) in [4.78, 5) is 4.35. The molecule has 1 saturated heterocycles. The third-order valence-corrected chi connectivity index (χ3v) is 4.22. The molecule has 96 valence electrons. The summed E-state index contributed by atoms with van der Waals surface area (Å²) in [5.41, 5.74) is 0. The topological polar surface area (TPSA) is 48.2 Å². The maximum Gasteiger partial charge on any atom is 0.239 e. The molecule has 0 spiro atoms. The van der Waals surface area contributed by atoms with Crippen molar-refractivity contribution >= 4 is 11.8 Å². The Labute approximate surface area is 106 Å². The second-order valence-corrected chi connectivity index (χ2v) is 5.74. The minimum atomic E-state index is 0.258. The number of aromatic nitrogens is 2. The Hall–Kier alpha value is -0.550. The molecule has 0 radical (unpaired) electrons. The molecule has 1 aliphatic rings. The summed E-state index contributed by atoms with van der Waals surface area (Å²) < 4.78 is 10.9. The van der Waals surface area contributed by atoms with Crippen LogP contribution in [0.1, 0.15) is 50.1 Å².